The van der Waals surface area contributed by atoms with Crippen molar-refractivity contribution in [1.29, 1.82) is 0 Å². The van der Waals surface area contributed by atoms with Crippen molar-refractivity contribution in [2.45, 2.75) is 36.6 Å². The first kappa shape index (κ1) is 14.1. The minimum absolute atomic E-state index is 0.423. The Hall–Kier alpha value is -1.86. The van der Waals surface area contributed by atoms with Crippen LogP contribution in [0.25, 0.3) is 5.65 Å². The van der Waals surface area contributed by atoms with Crippen molar-refractivity contribution in [3.05, 3.63) is 36.4 Å². The van der Waals surface area contributed by atoms with Gasteiger partial charge in [-0.2, -0.15) is 0 Å². The standard InChI is InChI=1S/C14H18N6S/c1-10(2)15-8-11-13(21-14-18-16-9-19(14)3)17-12-6-4-5-7-20(11)12/h4-7,9-10,15H,8H2,1-3H3. The third kappa shape index (κ3) is 2.93. The maximum atomic E-state index is 4.71. The Morgan fingerprint density at radius 1 is 1.33 bits per heavy atom. The molecule has 0 aliphatic rings. The zero-order chi connectivity index (χ0) is 14.8. The molecule has 0 bridgehead atoms. The fourth-order valence-corrected chi connectivity index (χ4v) is 2.90. The molecular weight excluding hydrogens is 284 g/mol. The molecule has 3 aromatic heterocycles. The largest absolute Gasteiger partial charge is 0.311 e. The van der Waals surface area contributed by atoms with Crippen molar-refractivity contribution in [2.75, 3.05) is 0 Å². The minimum Gasteiger partial charge on any atom is -0.311 e. The van der Waals surface area contributed by atoms with Crippen molar-refractivity contribution in [2.24, 2.45) is 7.05 Å². The van der Waals surface area contributed by atoms with Crippen molar-refractivity contribution in [1.82, 2.24) is 29.5 Å². The molecule has 6 nitrogen and oxygen atoms in total. The Bertz CT molecular complexity index is 745. The number of nitrogens with zero attached hydrogens (tertiary/aromatic N) is 5. The summed E-state index contributed by atoms with van der Waals surface area (Å²) in [7, 11) is 1.93. The first-order valence-electron chi connectivity index (χ1n) is 6.86. The Balaban J connectivity index is 1.99. The lowest BCUT2D eigenvalue weighted by Gasteiger charge is -2.09. The molecule has 0 fully saturated rings. The molecule has 0 aromatic carbocycles. The van der Waals surface area contributed by atoms with E-state index in [0.717, 1.165) is 28.1 Å². The second kappa shape index (κ2) is 5.87. The summed E-state index contributed by atoms with van der Waals surface area (Å²) in [4.78, 5) is 4.71. The molecule has 0 spiro atoms. The van der Waals surface area contributed by atoms with Crippen LogP contribution in [0.5, 0.6) is 0 Å². The number of rotatable bonds is 5. The van der Waals surface area contributed by atoms with E-state index in [1.165, 1.54) is 0 Å². The Morgan fingerprint density at radius 3 is 2.90 bits per heavy atom. The first-order valence-corrected chi connectivity index (χ1v) is 7.68. The third-order valence-electron chi connectivity index (χ3n) is 3.13. The lowest BCUT2D eigenvalue weighted by Crippen LogP contribution is -2.23. The van der Waals surface area contributed by atoms with Gasteiger partial charge >= 0.3 is 0 Å². The molecule has 3 heterocycles. The van der Waals surface area contributed by atoms with Crippen LogP contribution in [0.3, 0.4) is 0 Å². The van der Waals surface area contributed by atoms with E-state index in [4.69, 9.17) is 4.98 Å². The van der Waals surface area contributed by atoms with Gasteiger partial charge in [-0.3, -0.25) is 0 Å². The molecule has 3 rings (SSSR count). The van der Waals surface area contributed by atoms with Crippen LogP contribution in [0.1, 0.15) is 19.5 Å². The van der Waals surface area contributed by atoms with Crippen molar-refractivity contribution in [3.8, 4) is 0 Å². The van der Waals surface area contributed by atoms with Gasteiger partial charge in [-0.05, 0) is 23.9 Å². The number of imidazole rings is 1. The van der Waals surface area contributed by atoms with E-state index in [1.54, 1.807) is 18.1 Å². The van der Waals surface area contributed by atoms with Crippen LogP contribution in [0.4, 0.5) is 0 Å². The van der Waals surface area contributed by atoms with Crippen LogP contribution in [0, 0.1) is 0 Å². The van der Waals surface area contributed by atoms with Gasteiger partial charge in [0.25, 0.3) is 0 Å². The van der Waals surface area contributed by atoms with Gasteiger partial charge in [0.2, 0.25) is 0 Å². The van der Waals surface area contributed by atoms with Gasteiger partial charge in [-0.15, -0.1) is 10.2 Å². The zero-order valence-corrected chi connectivity index (χ0v) is 13.1. The van der Waals surface area contributed by atoms with Crippen LogP contribution in [0.2, 0.25) is 0 Å². The normalized spacial score (nSPS) is 11.6. The Morgan fingerprint density at radius 2 is 2.19 bits per heavy atom. The highest BCUT2D eigenvalue weighted by Crippen LogP contribution is 2.28. The molecule has 0 aliphatic heterocycles. The molecule has 0 saturated carbocycles. The second-order valence-corrected chi connectivity index (χ2v) is 6.11. The van der Waals surface area contributed by atoms with E-state index in [1.807, 2.05) is 36.0 Å². The summed E-state index contributed by atoms with van der Waals surface area (Å²) >= 11 is 1.54. The molecule has 7 heteroatoms. The molecular formula is C14H18N6S. The number of aromatic nitrogens is 5. The van der Waals surface area contributed by atoms with E-state index in [-0.39, 0.29) is 0 Å². The van der Waals surface area contributed by atoms with Gasteiger partial charge in [0.05, 0.1) is 5.69 Å². The fraction of sp³-hybridized carbons (Fsp3) is 0.357. The number of fused-ring (bicyclic) bond motifs is 1. The number of pyridine rings is 1. The molecule has 21 heavy (non-hydrogen) atoms. The topological polar surface area (TPSA) is 60.0 Å². The summed E-state index contributed by atoms with van der Waals surface area (Å²) in [5, 5.41) is 13.3. The number of hydrogen-bond acceptors (Lipinski definition) is 5. The quantitative estimate of drug-likeness (QED) is 0.782. The maximum absolute atomic E-state index is 4.71. The predicted octanol–water partition coefficient (Wildman–Crippen LogP) is 2.11. The summed E-state index contributed by atoms with van der Waals surface area (Å²) in [6.45, 7) is 5.04. The maximum Gasteiger partial charge on any atom is 0.197 e. The van der Waals surface area contributed by atoms with Crippen molar-refractivity contribution in [3.63, 3.8) is 0 Å². The molecule has 0 unspecified atom stereocenters. The molecule has 0 amide bonds. The van der Waals surface area contributed by atoms with Crippen LogP contribution >= 0.6 is 11.8 Å². The van der Waals surface area contributed by atoms with E-state index in [2.05, 4.69) is 33.8 Å². The molecule has 0 atom stereocenters. The summed E-state index contributed by atoms with van der Waals surface area (Å²) in [5.74, 6) is 0. The minimum atomic E-state index is 0.423. The highest BCUT2D eigenvalue weighted by molar-refractivity contribution is 7.99. The van der Waals surface area contributed by atoms with Crippen LogP contribution in [-0.2, 0) is 13.6 Å². The van der Waals surface area contributed by atoms with E-state index < -0.39 is 0 Å². The number of nitrogens with one attached hydrogen (secondary N) is 1. The summed E-state index contributed by atoms with van der Waals surface area (Å²) in [6.07, 6.45) is 3.74. The lowest BCUT2D eigenvalue weighted by molar-refractivity contribution is 0.574. The SMILES string of the molecule is CC(C)NCc1c(Sc2nncn2C)nc2ccccn12. The fourth-order valence-electron chi connectivity index (χ4n) is 2.02. The molecule has 110 valence electrons. The Labute approximate surface area is 127 Å². The molecule has 0 aliphatic carbocycles. The average Bonchev–Trinajstić information content (AvgIpc) is 3.01. The van der Waals surface area contributed by atoms with Gasteiger partial charge in [0.1, 0.15) is 17.0 Å². The van der Waals surface area contributed by atoms with Gasteiger partial charge in [-0.25, -0.2) is 4.98 Å². The highest BCUT2D eigenvalue weighted by Gasteiger charge is 2.15. The van der Waals surface area contributed by atoms with Crippen molar-refractivity contribution < 1.29 is 0 Å². The van der Waals surface area contributed by atoms with E-state index in [0.29, 0.717) is 6.04 Å². The van der Waals surface area contributed by atoms with Crippen LogP contribution in [-0.4, -0.2) is 30.2 Å². The second-order valence-electron chi connectivity index (χ2n) is 5.15. The van der Waals surface area contributed by atoms with Crippen LogP contribution < -0.4 is 5.32 Å². The van der Waals surface area contributed by atoms with Gasteiger partial charge in [0, 0.05) is 25.8 Å². The Kier molecular flexibility index (Phi) is 3.94. The van der Waals surface area contributed by atoms with Gasteiger partial charge < -0.3 is 14.3 Å². The average molecular weight is 302 g/mol. The van der Waals surface area contributed by atoms with Crippen molar-refractivity contribution >= 4 is 17.4 Å². The van der Waals surface area contributed by atoms with E-state index >= 15 is 0 Å². The first-order chi connectivity index (χ1) is 10.1. The third-order valence-corrected chi connectivity index (χ3v) is 4.20. The highest BCUT2D eigenvalue weighted by atomic mass is 32.2. The molecule has 0 radical (unpaired) electrons. The summed E-state index contributed by atoms with van der Waals surface area (Å²) in [6, 6.07) is 6.45. The monoisotopic (exact) mass is 302 g/mol. The smallest absolute Gasteiger partial charge is 0.197 e. The molecule has 3 aromatic rings. The molecule has 1 N–H and O–H groups in total. The van der Waals surface area contributed by atoms with Crippen LogP contribution in [0.15, 0.2) is 40.9 Å². The van der Waals surface area contributed by atoms with E-state index in [9.17, 15) is 0 Å². The summed E-state index contributed by atoms with van der Waals surface area (Å²) in [5.41, 5.74) is 2.09. The van der Waals surface area contributed by atoms with Gasteiger partial charge in [0.15, 0.2) is 5.16 Å². The zero-order valence-electron chi connectivity index (χ0n) is 12.3. The lowest BCUT2D eigenvalue weighted by atomic mass is 10.3. The summed E-state index contributed by atoms with van der Waals surface area (Å²) < 4.78 is 4.02. The van der Waals surface area contributed by atoms with Gasteiger partial charge in [-0.1, -0.05) is 19.9 Å². The molecule has 0 saturated heterocycles. The number of aryl methyl sites for hydroxylation is 1. The predicted molar refractivity (Wildman–Crippen MR) is 82.3 cm³/mol. The number of hydrogen-bond donors (Lipinski definition) is 1.